The van der Waals surface area contributed by atoms with Crippen LogP contribution in [0.1, 0.15) is 12.0 Å². The van der Waals surface area contributed by atoms with E-state index in [4.69, 9.17) is 10.5 Å². The molecule has 0 radical (unpaired) electrons. The Hall–Kier alpha value is -1.76. The van der Waals surface area contributed by atoms with Gasteiger partial charge in [0, 0.05) is 0 Å². The van der Waals surface area contributed by atoms with Gasteiger partial charge in [-0.15, -0.1) is 0 Å². The minimum atomic E-state index is -4.54. The van der Waals surface area contributed by atoms with Crippen molar-refractivity contribution in [2.45, 2.75) is 25.1 Å². The van der Waals surface area contributed by atoms with Gasteiger partial charge in [-0.05, 0) is 30.5 Å². The van der Waals surface area contributed by atoms with Crippen LogP contribution in [0.15, 0.2) is 24.3 Å². The van der Waals surface area contributed by atoms with E-state index < -0.39 is 24.8 Å². The SMILES string of the molecule is COc1cccc(CC[C@H](N)C(=O)OCC(F)(F)F)c1. The zero-order chi connectivity index (χ0) is 15.2. The van der Waals surface area contributed by atoms with Crippen LogP contribution in [0.4, 0.5) is 13.2 Å². The van der Waals surface area contributed by atoms with Gasteiger partial charge in [0.25, 0.3) is 0 Å². The van der Waals surface area contributed by atoms with Crippen molar-refractivity contribution in [1.82, 2.24) is 0 Å². The second-order valence-corrected chi connectivity index (χ2v) is 4.22. The molecule has 1 atom stereocenters. The van der Waals surface area contributed by atoms with Gasteiger partial charge >= 0.3 is 12.1 Å². The predicted octanol–water partition coefficient (Wildman–Crippen LogP) is 2.06. The van der Waals surface area contributed by atoms with Crippen LogP contribution in [0.3, 0.4) is 0 Å². The first kappa shape index (κ1) is 16.3. The van der Waals surface area contributed by atoms with E-state index >= 15 is 0 Å². The maximum absolute atomic E-state index is 11.9. The summed E-state index contributed by atoms with van der Waals surface area (Å²) in [5.74, 6) is -0.388. The highest BCUT2D eigenvalue weighted by atomic mass is 19.4. The summed E-state index contributed by atoms with van der Waals surface area (Å²) in [6.45, 7) is -1.61. The fraction of sp³-hybridized carbons (Fsp3) is 0.462. The molecule has 0 unspecified atom stereocenters. The van der Waals surface area contributed by atoms with Crippen molar-refractivity contribution in [3.05, 3.63) is 29.8 Å². The Labute approximate surface area is 114 Å². The minimum absolute atomic E-state index is 0.198. The average molecular weight is 291 g/mol. The number of carbonyl (C=O) groups is 1. The molecule has 0 aliphatic carbocycles. The molecule has 1 aromatic carbocycles. The number of alkyl halides is 3. The van der Waals surface area contributed by atoms with Crippen molar-refractivity contribution in [3.8, 4) is 5.75 Å². The van der Waals surface area contributed by atoms with Crippen LogP contribution in [-0.4, -0.2) is 31.9 Å². The second-order valence-electron chi connectivity index (χ2n) is 4.22. The summed E-state index contributed by atoms with van der Waals surface area (Å²) < 4.78 is 44.8. The van der Waals surface area contributed by atoms with Gasteiger partial charge in [-0.2, -0.15) is 13.2 Å². The summed E-state index contributed by atoms with van der Waals surface area (Å²) in [4.78, 5) is 11.3. The lowest BCUT2D eigenvalue weighted by molar-refractivity contribution is -0.187. The Morgan fingerprint density at radius 2 is 2.10 bits per heavy atom. The fourth-order valence-corrected chi connectivity index (χ4v) is 1.53. The van der Waals surface area contributed by atoms with E-state index in [1.165, 1.54) is 7.11 Å². The number of methoxy groups -OCH3 is 1. The van der Waals surface area contributed by atoms with Gasteiger partial charge in [0.1, 0.15) is 11.8 Å². The quantitative estimate of drug-likeness (QED) is 0.815. The van der Waals surface area contributed by atoms with Crippen molar-refractivity contribution < 1.29 is 27.4 Å². The highest BCUT2D eigenvalue weighted by Gasteiger charge is 2.30. The number of ether oxygens (including phenoxy) is 2. The zero-order valence-corrected chi connectivity index (χ0v) is 10.9. The Morgan fingerprint density at radius 3 is 2.70 bits per heavy atom. The first-order chi connectivity index (χ1) is 9.31. The Morgan fingerprint density at radius 1 is 1.40 bits per heavy atom. The second kappa shape index (κ2) is 7.14. The van der Waals surface area contributed by atoms with Crippen molar-refractivity contribution in [2.75, 3.05) is 13.7 Å². The van der Waals surface area contributed by atoms with E-state index in [0.717, 1.165) is 5.56 Å². The molecule has 2 N–H and O–H groups in total. The van der Waals surface area contributed by atoms with Gasteiger partial charge in [-0.3, -0.25) is 4.79 Å². The molecule has 112 valence electrons. The van der Waals surface area contributed by atoms with Crippen LogP contribution in [-0.2, 0) is 16.0 Å². The predicted molar refractivity (Wildman–Crippen MR) is 66.3 cm³/mol. The lowest BCUT2D eigenvalue weighted by Gasteiger charge is -2.13. The van der Waals surface area contributed by atoms with Gasteiger partial charge in [0.2, 0.25) is 0 Å². The summed E-state index contributed by atoms with van der Waals surface area (Å²) in [5, 5.41) is 0. The van der Waals surface area contributed by atoms with E-state index in [1.807, 2.05) is 6.07 Å². The first-order valence-electron chi connectivity index (χ1n) is 5.93. The van der Waals surface area contributed by atoms with Gasteiger partial charge in [0.15, 0.2) is 6.61 Å². The zero-order valence-electron chi connectivity index (χ0n) is 10.9. The number of hydrogen-bond acceptors (Lipinski definition) is 4. The summed E-state index contributed by atoms with van der Waals surface area (Å²) >= 11 is 0. The van der Waals surface area contributed by atoms with Gasteiger partial charge < -0.3 is 15.2 Å². The third kappa shape index (κ3) is 5.92. The average Bonchev–Trinajstić information content (AvgIpc) is 2.41. The van der Waals surface area contributed by atoms with Crippen LogP contribution in [0.5, 0.6) is 5.75 Å². The number of halogens is 3. The smallest absolute Gasteiger partial charge is 0.422 e. The van der Waals surface area contributed by atoms with Gasteiger partial charge in [0.05, 0.1) is 7.11 Å². The van der Waals surface area contributed by atoms with Crippen LogP contribution >= 0.6 is 0 Å². The normalized spacial score (nSPS) is 12.8. The fourth-order valence-electron chi connectivity index (χ4n) is 1.53. The molecule has 0 spiro atoms. The van der Waals surface area contributed by atoms with Crippen molar-refractivity contribution in [2.24, 2.45) is 5.73 Å². The summed E-state index contributed by atoms with van der Waals surface area (Å²) in [6, 6.07) is 6.05. The number of esters is 1. The standard InChI is InChI=1S/C13H16F3NO3/c1-19-10-4-2-3-9(7-10)5-6-11(17)12(18)20-8-13(14,15)16/h2-4,7,11H,5-6,8,17H2,1H3/t11-/m0/s1. The third-order valence-electron chi connectivity index (χ3n) is 2.56. The molecule has 7 heteroatoms. The van der Waals surface area contributed by atoms with Crippen LogP contribution in [0.2, 0.25) is 0 Å². The molecular weight excluding hydrogens is 275 g/mol. The molecule has 0 fully saturated rings. The lowest BCUT2D eigenvalue weighted by Crippen LogP contribution is -2.35. The molecule has 0 aromatic heterocycles. The maximum atomic E-state index is 11.9. The molecule has 4 nitrogen and oxygen atoms in total. The highest BCUT2D eigenvalue weighted by Crippen LogP contribution is 2.16. The lowest BCUT2D eigenvalue weighted by atomic mass is 10.1. The molecule has 0 saturated heterocycles. The molecule has 20 heavy (non-hydrogen) atoms. The molecule has 0 aliphatic rings. The third-order valence-corrected chi connectivity index (χ3v) is 2.56. The van der Waals surface area contributed by atoms with Crippen molar-refractivity contribution in [1.29, 1.82) is 0 Å². The number of benzene rings is 1. The molecule has 1 rings (SSSR count). The first-order valence-corrected chi connectivity index (χ1v) is 5.93. The molecular formula is C13H16F3NO3. The highest BCUT2D eigenvalue weighted by molar-refractivity contribution is 5.75. The Balaban J connectivity index is 2.42. The maximum Gasteiger partial charge on any atom is 0.422 e. The molecule has 0 heterocycles. The number of carbonyl (C=O) groups excluding carboxylic acids is 1. The Kier molecular flexibility index (Phi) is 5.82. The van der Waals surface area contributed by atoms with E-state index in [0.29, 0.717) is 12.2 Å². The Bertz CT molecular complexity index is 449. The van der Waals surface area contributed by atoms with E-state index in [-0.39, 0.29) is 6.42 Å². The van der Waals surface area contributed by atoms with E-state index in [9.17, 15) is 18.0 Å². The number of rotatable bonds is 6. The molecule has 1 aromatic rings. The number of hydrogen-bond donors (Lipinski definition) is 1. The summed E-state index contributed by atoms with van der Waals surface area (Å²) in [7, 11) is 1.53. The summed E-state index contributed by atoms with van der Waals surface area (Å²) in [5.41, 5.74) is 6.37. The van der Waals surface area contributed by atoms with E-state index in [1.54, 1.807) is 18.2 Å². The van der Waals surface area contributed by atoms with Crippen molar-refractivity contribution in [3.63, 3.8) is 0 Å². The minimum Gasteiger partial charge on any atom is -0.497 e. The van der Waals surface area contributed by atoms with Crippen molar-refractivity contribution >= 4 is 5.97 Å². The van der Waals surface area contributed by atoms with Crippen LogP contribution < -0.4 is 10.5 Å². The van der Waals surface area contributed by atoms with Crippen LogP contribution in [0.25, 0.3) is 0 Å². The summed E-state index contributed by atoms with van der Waals surface area (Å²) in [6.07, 6.45) is -3.90. The molecule has 0 amide bonds. The topological polar surface area (TPSA) is 61.5 Å². The van der Waals surface area contributed by atoms with Crippen LogP contribution in [0, 0.1) is 0 Å². The molecule has 0 saturated carbocycles. The molecule has 0 aliphatic heterocycles. The number of nitrogens with two attached hydrogens (primary N) is 1. The monoisotopic (exact) mass is 291 g/mol. The van der Waals surface area contributed by atoms with E-state index in [2.05, 4.69) is 4.74 Å². The largest absolute Gasteiger partial charge is 0.497 e. The molecule has 0 bridgehead atoms. The number of aryl methyl sites for hydroxylation is 1. The van der Waals surface area contributed by atoms with Gasteiger partial charge in [-0.1, -0.05) is 12.1 Å². The van der Waals surface area contributed by atoms with Gasteiger partial charge in [-0.25, -0.2) is 0 Å².